The third kappa shape index (κ3) is 7.42. The number of carbonyl (C=O) groups is 3. The lowest BCUT2D eigenvalue weighted by Crippen LogP contribution is -2.38. The van der Waals surface area contributed by atoms with E-state index in [0.717, 1.165) is 0 Å². The maximum absolute atomic E-state index is 11.7. The molecule has 7 heteroatoms. The van der Waals surface area contributed by atoms with Crippen LogP contribution in [-0.4, -0.2) is 35.7 Å². The van der Waals surface area contributed by atoms with Gasteiger partial charge in [-0.2, -0.15) is 0 Å². The van der Waals surface area contributed by atoms with Crippen LogP contribution in [0.25, 0.3) is 0 Å². The molecule has 0 aromatic heterocycles. The lowest BCUT2D eigenvalue weighted by atomic mass is 10.1. The Morgan fingerprint density at radius 2 is 1.83 bits per heavy atom. The molecule has 0 bridgehead atoms. The van der Waals surface area contributed by atoms with Crippen molar-refractivity contribution in [2.45, 2.75) is 32.7 Å². The summed E-state index contributed by atoms with van der Waals surface area (Å²) in [6.07, 6.45) is -0.131. The Kier molecular flexibility index (Phi) is 7.76. The van der Waals surface area contributed by atoms with Crippen molar-refractivity contribution in [1.82, 2.24) is 5.48 Å². The fourth-order valence-corrected chi connectivity index (χ4v) is 1.58. The quantitative estimate of drug-likeness (QED) is 0.527. The first-order valence-electron chi connectivity index (χ1n) is 7.30. The number of ether oxygens (including phenoxy) is 1. The number of hydroxylamine groups is 1. The molecule has 0 aliphatic carbocycles. The van der Waals surface area contributed by atoms with Crippen LogP contribution < -0.4 is 5.48 Å². The van der Waals surface area contributed by atoms with Crippen molar-refractivity contribution in [1.29, 1.82) is 0 Å². The highest BCUT2D eigenvalue weighted by Gasteiger charge is 2.21. The van der Waals surface area contributed by atoms with E-state index in [1.165, 1.54) is 0 Å². The van der Waals surface area contributed by atoms with Gasteiger partial charge in [0.1, 0.15) is 6.04 Å². The van der Waals surface area contributed by atoms with E-state index >= 15 is 0 Å². The molecule has 2 N–H and O–H groups in total. The molecular weight excluding hydrogens is 302 g/mol. The number of hydrogen-bond donors (Lipinski definition) is 2. The minimum atomic E-state index is -1.22. The Morgan fingerprint density at radius 1 is 1.17 bits per heavy atom. The van der Waals surface area contributed by atoms with Crippen LogP contribution in [0.4, 0.5) is 0 Å². The second kappa shape index (κ2) is 9.58. The van der Waals surface area contributed by atoms with E-state index in [1.54, 1.807) is 30.3 Å². The SMILES string of the molecule is CC(C)COC(=O)CC[C@H](NOC(=O)c1ccccc1)C(=O)O. The van der Waals surface area contributed by atoms with Gasteiger partial charge in [0.05, 0.1) is 12.2 Å². The van der Waals surface area contributed by atoms with Crippen LogP contribution in [0.15, 0.2) is 30.3 Å². The summed E-state index contributed by atoms with van der Waals surface area (Å²) < 4.78 is 4.96. The second-order valence-electron chi connectivity index (χ2n) is 5.38. The molecule has 23 heavy (non-hydrogen) atoms. The molecular formula is C16H21NO6. The minimum absolute atomic E-state index is 0.0473. The number of rotatable bonds is 9. The van der Waals surface area contributed by atoms with E-state index < -0.39 is 23.9 Å². The van der Waals surface area contributed by atoms with Crippen LogP contribution in [0.3, 0.4) is 0 Å². The number of carboxylic acids is 1. The highest BCUT2D eigenvalue weighted by molar-refractivity contribution is 5.89. The molecule has 0 heterocycles. The number of carbonyl (C=O) groups excluding carboxylic acids is 2. The van der Waals surface area contributed by atoms with Gasteiger partial charge in [-0.1, -0.05) is 32.0 Å². The summed E-state index contributed by atoms with van der Waals surface area (Å²) in [6.45, 7) is 4.09. The summed E-state index contributed by atoms with van der Waals surface area (Å²) >= 11 is 0. The predicted octanol–water partition coefficient (Wildman–Crippen LogP) is 1.78. The monoisotopic (exact) mass is 323 g/mol. The number of aliphatic carboxylic acids is 1. The zero-order chi connectivity index (χ0) is 17.2. The molecule has 0 radical (unpaired) electrons. The summed E-state index contributed by atoms with van der Waals surface area (Å²) in [7, 11) is 0. The molecule has 0 amide bonds. The van der Waals surface area contributed by atoms with Crippen molar-refractivity contribution < 1.29 is 29.1 Å². The van der Waals surface area contributed by atoms with Gasteiger partial charge in [-0.25, -0.2) is 4.79 Å². The number of hydrogen-bond acceptors (Lipinski definition) is 6. The van der Waals surface area contributed by atoms with Crippen LogP contribution >= 0.6 is 0 Å². The molecule has 0 fully saturated rings. The molecule has 0 aliphatic heterocycles. The summed E-state index contributed by atoms with van der Waals surface area (Å²) in [4.78, 5) is 39.1. The summed E-state index contributed by atoms with van der Waals surface area (Å²) in [5, 5.41) is 9.08. The third-order valence-electron chi connectivity index (χ3n) is 2.82. The second-order valence-corrected chi connectivity index (χ2v) is 5.38. The van der Waals surface area contributed by atoms with Crippen LogP contribution in [0.1, 0.15) is 37.0 Å². The molecule has 1 aromatic rings. The smallest absolute Gasteiger partial charge is 0.356 e. The third-order valence-corrected chi connectivity index (χ3v) is 2.82. The molecule has 1 aromatic carbocycles. The molecule has 1 rings (SSSR count). The maximum atomic E-state index is 11.7. The van der Waals surface area contributed by atoms with Crippen molar-refractivity contribution in [2.75, 3.05) is 6.61 Å². The van der Waals surface area contributed by atoms with E-state index in [9.17, 15) is 14.4 Å². The topological polar surface area (TPSA) is 102 Å². The van der Waals surface area contributed by atoms with Gasteiger partial charge in [-0.15, -0.1) is 5.48 Å². The number of esters is 1. The van der Waals surface area contributed by atoms with Crippen LogP contribution in [0.5, 0.6) is 0 Å². The zero-order valence-electron chi connectivity index (χ0n) is 13.2. The largest absolute Gasteiger partial charge is 0.480 e. The first-order chi connectivity index (χ1) is 10.9. The molecule has 0 aliphatic rings. The Labute approximate surface area is 134 Å². The molecule has 0 spiro atoms. The molecule has 0 saturated heterocycles. The molecule has 1 atom stereocenters. The van der Waals surface area contributed by atoms with Crippen LogP contribution in [0, 0.1) is 5.92 Å². The van der Waals surface area contributed by atoms with E-state index in [0.29, 0.717) is 5.56 Å². The van der Waals surface area contributed by atoms with Crippen molar-refractivity contribution in [3.05, 3.63) is 35.9 Å². The minimum Gasteiger partial charge on any atom is -0.480 e. The van der Waals surface area contributed by atoms with E-state index in [2.05, 4.69) is 5.48 Å². The van der Waals surface area contributed by atoms with E-state index in [4.69, 9.17) is 14.7 Å². The van der Waals surface area contributed by atoms with Gasteiger partial charge in [0.2, 0.25) is 0 Å². The van der Waals surface area contributed by atoms with Gasteiger partial charge in [-0.05, 0) is 24.5 Å². The van der Waals surface area contributed by atoms with Gasteiger partial charge in [0.25, 0.3) is 0 Å². The molecule has 0 unspecified atom stereocenters. The van der Waals surface area contributed by atoms with Gasteiger partial charge in [-0.3, -0.25) is 9.59 Å². The summed E-state index contributed by atoms with van der Waals surface area (Å²) in [5.74, 6) is -2.19. The van der Waals surface area contributed by atoms with Crippen LogP contribution in [-0.2, 0) is 19.2 Å². The number of benzene rings is 1. The van der Waals surface area contributed by atoms with Gasteiger partial charge >= 0.3 is 17.9 Å². The normalized spacial score (nSPS) is 11.8. The average molecular weight is 323 g/mol. The summed E-state index contributed by atoms with van der Waals surface area (Å²) in [5.41, 5.74) is 2.47. The fourth-order valence-electron chi connectivity index (χ4n) is 1.58. The van der Waals surface area contributed by atoms with Crippen LogP contribution in [0.2, 0.25) is 0 Å². The lowest BCUT2D eigenvalue weighted by Gasteiger charge is -2.14. The fraction of sp³-hybridized carbons (Fsp3) is 0.438. The first-order valence-corrected chi connectivity index (χ1v) is 7.30. The molecule has 7 nitrogen and oxygen atoms in total. The first kappa shape index (κ1) is 18.6. The number of carboxylic acid groups (broad SMARTS) is 1. The summed E-state index contributed by atoms with van der Waals surface area (Å²) in [6, 6.07) is 6.97. The highest BCUT2D eigenvalue weighted by atomic mass is 16.7. The number of nitrogens with one attached hydrogen (secondary N) is 1. The predicted molar refractivity (Wildman–Crippen MR) is 81.4 cm³/mol. The van der Waals surface area contributed by atoms with Gasteiger partial charge in [0, 0.05) is 6.42 Å². The van der Waals surface area contributed by atoms with E-state index in [1.807, 2.05) is 13.8 Å². The Hall–Kier alpha value is -2.41. The standard InChI is InChI=1S/C16H21NO6/c1-11(2)10-22-14(18)9-8-13(15(19)20)17-23-16(21)12-6-4-3-5-7-12/h3-7,11,13,17H,8-10H2,1-2H3,(H,19,20)/t13-/m0/s1. The van der Waals surface area contributed by atoms with Crippen molar-refractivity contribution in [3.8, 4) is 0 Å². The Bertz CT molecular complexity index is 529. The molecule has 0 saturated carbocycles. The molecule has 126 valence electrons. The average Bonchev–Trinajstić information content (AvgIpc) is 2.53. The van der Waals surface area contributed by atoms with E-state index in [-0.39, 0.29) is 25.4 Å². The Morgan fingerprint density at radius 3 is 2.39 bits per heavy atom. The Balaban J connectivity index is 2.42. The van der Waals surface area contributed by atoms with Crippen molar-refractivity contribution >= 4 is 17.9 Å². The van der Waals surface area contributed by atoms with Crippen molar-refractivity contribution in [2.24, 2.45) is 5.92 Å². The van der Waals surface area contributed by atoms with Gasteiger partial charge in [0.15, 0.2) is 0 Å². The zero-order valence-corrected chi connectivity index (χ0v) is 13.2. The van der Waals surface area contributed by atoms with Crippen molar-refractivity contribution in [3.63, 3.8) is 0 Å². The van der Waals surface area contributed by atoms with Gasteiger partial charge < -0.3 is 14.7 Å². The highest BCUT2D eigenvalue weighted by Crippen LogP contribution is 2.04. The maximum Gasteiger partial charge on any atom is 0.356 e. The lowest BCUT2D eigenvalue weighted by molar-refractivity contribution is -0.146.